The van der Waals surface area contributed by atoms with Crippen LogP contribution in [-0.4, -0.2) is 46.8 Å². The van der Waals surface area contributed by atoms with Gasteiger partial charge in [0.15, 0.2) is 0 Å². The first kappa shape index (κ1) is 23.1. The Kier molecular flexibility index (Phi) is 6.63. The molecule has 2 aromatic carbocycles. The van der Waals surface area contributed by atoms with Crippen LogP contribution in [0.5, 0.6) is 0 Å². The highest BCUT2D eigenvalue weighted by Crippen LogP contribution is 2.39. The Hall–Kier alpha value is -3.03. The highest BCUT2D eigenvalue weighted by Gasteiger charge is 2.46. The molecule has 0 fully saturated rings. The van der Waals surface area contributed by atoms with Crippen molar-refractivity contribution in [3.05, 3.63) is 81.0 Å². The predicted molar refractivity (Wildman–Crippen MR) is 127 cm³/mol. The van der Waals surface area contributed by atoms with E-state index >= 15 is 0 Å². The molecule has 2 atom stereocenters. The van der Waals surface area contributed by atoms with Crippen molar-refractivity contribution in [2.45, 2.75) is 32.5 Å². The fourth-order valence-corrected chi connectivity index (χ4v) is 4.72. The van der Waals surface area contributed by atoms with Gasteiger partial charge in [0.1, 0.15) is 6.04 Å². The molecule has 4 amide bonds. The second-order valence-corrected chi connectivity index (χ2v) is 8.81. The monoisotopic (exact) mass is 486 g/mol. The summed E-state index contributed by atoms with van der Waals surface area (Å²) in [5.74, 6) is -0.572. The number of nitrogens with zero attached hydrogens (tertiary/aromatic N) is 2. The normalized spacial score (nSPS) is 18.8. The van der Waals surface area contributed by atoms with E-state index in [-0.39, 0.29) is 24.4 Å². The summed E-state index contributed by atoms with van der Waals surface area (Å²) in [7, 11) is 0. The fraction of sp³-hybridized carbons (Fsp3) is 0.292. The molecule has 0 saturated heterocycles. The zero-order valence-electron chi connectivity index (χ0n) is 18.3. The van der Waals surface area contributed by atoms with Crippen LogP contribution in [-0.2, 0) is 16.1 Å². The van der Waals surface area contributed by atoms with Crippen LogP contribution >= 0.6 is 23.2 Å². The van der Waals surface area contributed by atoms with Gasteiger partial charge in [0.25, 0.3) is 5.91 Å². The van der Waals surface area contributed by atoms with E-state index in [9.17, 15) is 14.4 Å². The van der Waals surface area contributed by atoms with Crippen molar-refractivity contribution in [2.75, 3.05) is 13.1 Å². The van der Waals surface area contributed by atoms with E-state index in [0.717, 1.165) is 5.56 Å². The number of nitrogens with one attached hydrogen (secondary N) is 2. The summed E-state index contributed by atoms with van der Waals surface area (Å²) in [4.78, 5) is 42.2. The largest absolute Gasteiger partial charge is 0.350 e. The van der Waals surface area contributed by atoms with Crippen molar-refractivity contribution in [2.24, 2.45) is 0 Å². The molecule has 2 aliphatic rings. The summed E-state index contributed by atoms with van der Waals surface area (Å²) in [6.07, 6.45) is 0. The Balaban J connectivity index is 1.59. The molecule has 2 N–H and O–H groups in total. The number of urea groups is 1. The average molecular weight is 487 g/mol. The van der Waals surface area contributed by atoms with Gasteiger partial charge in [-0.15, -0.1) is 0 Å². The first-order valence-corrected chi connectivity index (χ1v) is 11.5. The molecule has 0 aromatic heterocycles. The van der Waals surface area contributed by atoms with Crippen LogP contribution in [0.15, 0.2) is 59.8 Å². The Morgan fingerprint density at radius 1 is 1.18 bits per heavy atom. The molecule has 0 bridgehead atoms. The average Bonchev–Trinajstić information content (AvgIpc) is 3.14. The van der Waals surface area contributed by atoms with Crippen LogP contribution in [0.2, 0.25) is 10.0 Å². The van der Waals surface area contributed by atoms with Gasteiger partial charge >= 0.3 is 6.03 Å². The lowest BCUT2D eigenvalue weighted by atomic mass is 9.95. The SMILES string of the molecule is CCN1C(=O)N[C@@H](c2ccc(Cl)cc2Cl)C2=C1CN([C@@H](C)C(=O)NCc1ccccc1)C2=O. The molecule has 0 spiro atoms. The van der Waals surface area contributed by atoms with Gasteiger partial charge in [-0.1, -0.05) is 59.6 Å². The number of likely N-dealkylation sites (N-methyl/N-ethyl adjacent to an activating group) is 1. The topological polar surface area (TPSA) is 81.8 Å². The van der Waals surface area contributed by atoms with E-state index in [0.29, 0.717) is 40.0 Å². The lowest BCUT2D eigenvalue weighted by Gasteiger charge is -2.33. The van der Waals surface area contributed by atoms with Gasteiger partial charge in [-0.2, -0.15) is 0 Å². The van der Waals surface area contributed by atoms with Gasteiger partial charge < -0.3 is 15.5 Å². The number of rotatable bonds is 6. The maximum atomic E-state index is 13.5. The van der Waals surface area contributed by atoms with Gasteiger partial charge in [0.2, 0.25) is 5.91 Å². The van der Waals surface area contributed by atoms with E-state index in [1.54, 1.807) is 25.1 Å². The number of halogens is 2. The Labute approximate surface area is 202 Å². The smallest absolute Gasteiger partial charge is 0.322 e. The van der Waals surface area contributed by atoms with Crippen molar-refractivity contribution in [1.82, 2.24) is 20.4 Å². The zero-order valence-corrected chi connectivity index (χ0v) is 19.8. The molecule has 9 heteroatoms. The Morgan fingerprint density at radius 3 is 2.58 bits per heavy atom. The molecule has 0 unspecified atom stereocenters. The molecule has 0 radical (unpaired) electrons. The molecule has 0 aliphatic carbocycles. The van der Waals surface area contributed by atoms with Crippen LogP contribution < -0.4 is 10.6 Å². The third-order valence-electron chi connectivity index (χ3n) is 6.00. The molecule has 7 nitrogen and oxygen atoms in total. The van der Waals surface area contributed by atoms with E-state index < -0.39 is 12.1 Å². The van der Waals surface area contributed by atoms with E-state index in [4.69, 9.17) is 23.2 Å². The summed E-state index contributed by atoms with van der Waals surface area (Å²) < 4.78 is 0. The van der Waals surface area contributed by atoms with Gasteiger partial charge in [-0.25, -0.2) is 4.79 Å². The maximum Gasteiger partial charge on any atom is 0.322 e. The second kappa shape index (κ2) is 9.45. The van der Waals surface area contributed by atoms with E-state index in [2.05, 4.69) is 10.6 Å². The molecule has 4 rings (SSSR count). The van der Waals surface area contributed by atoms with Crippen molar-refractivity contribution >= 4 is 41.0 Å². The number of benzene rings is 2. The Morgan fingerprint density at radius 2 is 1.91 bits per heavy atom. The molecular weight excluding hydrogens is 463 g/mol. The molecule has 2 heterocycles. The second-order valence-electron chi connectivity index (χ2n) is 7.97. The van der Waals surface area contributed by atoms with Crippen molar-refractivity contribution in [3.63, 3.8) is 0 Å². The minimum Gasteiger partial charge on any atom is -0.350 e. The Bertz CT molecular complexity index is 1140. The van der Waals surface area contributed by atoms with Gasteiger partial charge in [0, 0.05) is 23.1 Å². The first-order valence-electron chi connectivity index (χ1n) is 10.7. The maximum absolute atomic E-state index is 13.5. The highest BCUT2D eigenvalue weighted by atomic mass is 35.5. The van der Waals surface area contributed by atoms with Gasteiger partial charge in [-0.3, -0.25) is 14.5 Å². The van der Waals surface area contributed by atoms with Gasteiger partial charge in [-0.05, 0) is 37.1 Å². The molecule has 2 aromatic rings. The predicted octanol–water partition coefficient (Wildman–Crippen LogP) is 3.88. The minimum absolute atomic E-state index is 0.164. The van der Waals surface area contributed by atoms with E-state index in [1.807, 2.05) is 37.3 Å². The van der Waals surface area contributed by atoms with Crippen LogP contribution in [0.4, 0.5) is 4.79 Å². The first-order chi connectivity index (χ1) is 15.8. The third kappa shape index (κ3) is 4.43. The molecule has 0 saturated carbocycles. The van der Waals surface area contributed by atoms with Crippen LogP contribution in [0.3, 0.4) is 0 Å². The fourth-order valence-electron chi connectivity index (χ4n) is 4.20. The van der Waals surface area contributed by atoms with Crippen LogP contribution in [0.1, 0.15) is 31.0 Å². The lowest BCUT2D eigenvalue weighted by Crippen LogP contribution is -2.47. The number of carbonyl (C=O) groups excluding carboxylic acids is 3. The van der Waals surface area contributed by atoms with E-state index in [1.165, 1.54) is 9.80 Å². The summed E-state index contributed by atoms with van der Waals surface area (Å²) in [5, 5.41) is 6.58. The molecule has 2 aliphatic heterocycles. The van der Waals surface area contributed by atoms with Crippen molar-refractivity contribution < 1.29 is 14.4 Å². The highest BCUT2D eigenvalue weighted by molar-refractivity contribution is 6.35. The standard InChI is InChI=1S/C24H24Cl2N4O3/c1-3-29-19-13-30(14(2)22(31)27-12-15-7-5-4-6-8-15)23(32)20(19)21(28-24(29)33)17-10-9-16(25)11-18(17)26/h4-11,14,21H,3,12-13H2,1-2H3,(H,27,31)(H,28,33)/t14-,21-/m0/s1. The summed E-state index contributed by atoms with van der Waals surface area (Å²) in [6.45, 7) is 4.44. The van der Waals surface area contributed by atoms with Crippen LogP contribution in [0.25, 0.3) is 0 Å². The molecule has 172 valence electrons. The number of hydrogen-bond donors (Lipinski definition) is 2. The van der Waals surface area contributed by atoms with Gasteiger partial charge in [0.05, 0.1) is 23.9 Å². The summed E-state index contributed by atoms with van der Waals surface area (Å²) in [5.41, 5.74) is 2.55. The van der Waals surface area contributed by atoms with Crippen molar-refractivity contribution in [1.29, 1.82) is 0 Å². The summed E-state index contributed by atoms with van der Waals surface area (Å²) in [6, 6.07) is 12.7. The number of carbonyl (C=O) groups is 3. The number of hydrogen-bond acceptors (Lipinski definition) is 3. The minimum atomic E-state index is -0.725. The quantitative estimate of drug-likeness (QED) is 0.649. The number of amides is 4. The lowest BCUT2D eigenvalue weighted by molar-refractivity contribution is -0.135. The molecule has 33 heavy (non-hydrogen) atoms. The molecular formula is C24H24Cl2N4O3. The van der Waals surface area contributed by atoms with Crippen LogP contribution in [0, 0.1) is 0 Å². The zero-order chi connectivity index (χ0) is 23.7. The van der Waals surface area contributed by atoms with Crippen molar-refractivity contribution in [3.8, 4) is 0 Å². The third-order valence-corrected chi connectivity index (χ3v) is 6.56. The summed E-state index contributed by atoms with van der Waals surface area (Å²) >= 11 is 12.4.